The average Bonchev–Trinajstić information content (AvgIpc) is 2.76. The highest BCUT2D eigenvalue weighted by atomic mass is 79.9. The van der Waals surface area contributed by atoms with Crippen molar-refractivity contribution in [3.05, 3.63) is 99.7 Å². The number of Topliss-reactive ketones (excluding diaryl/α,β-unsaturated/α-hetero) is 1. The molecular weight excluding hydrogens is 458 g/mol. The maximum atomic E-state index is 13.5. The summed E-state index contributed by atoms with van der Waals surface area (Å²) in [6.45, 7) is 4.38. The summed E-state index contributed by atoms with van der Waals surface area (Å²) in [6, 6.07) is 25.9. The first-order valence-electron chi connectivity index (χ1n) is 11.1. The lowest BCUT2D eigenvalue weighted by Gasteiger charge is -2.40. The molecule has 158 valence electrons. The van der Waals surface area contributed by atoms with Crippen molar-refractivity contribution >= 4 is 48.9 Å². The van der Waals surface area contributed by atoms with E-state index in [2.05, 4.69) is 108 Å². The molecule has 1 heterocycles. The minimum Gasteiger partial charge on any atom is -0.358 e. The quantitative estimate of drug-likeness (QED) is 0.279. The average molecular weight is 482 g/mol. The van der Waals surface area contributed by atoms with Crippen LogP contribution in [0.25, 0.3) is 21.5 Å². The minimum absolute atomic E-state index is 0.0300. The summed E-state index contributed by atoms with van der Waals surface area (Å²) in [5, 5.41) is 8.56. The van der Waals surface area contributed by atoms with Gasteiger partial charge in [0.1, 0.15) is 0 Å². The van der Waals surface area contributed by atoms with Crippen molar-refractivity contribution < 1.29 is 4.79 Å². The number of rotatable bonds is 1. The van der Waals surface area contributed by atoms with Crippen LogP contribution in [0.4, 0.5) is 5.69 Å². The van der Waals surface area contributed by atoms with Gasteiger partial charge in [0.05, 0.1) is 0 Å². The number of carbonyl (C=O) groups is 1. The molecule has 0 fully saturated rings. The van der Waals surface area contributed by atoms with Gasteiger partial charge in [0.25, 0.3) is 0 Å². The Morgan fingerprint density at radius 1 is 0.875 bits per heavy atom. The summed E-state index contributed by atoms with van der Waals surface area (Å²) < 4.78 is 1.05. The Hall–Kier alpha value is -2.91. The van der Waals surface area contributed by atoms with E-state index in [-0.39, 0.29) is 17.1 Å². The fraction of sp³-hybridized carbons (Fsp3) is 0.207. The molecule has 4 aromatic carbocycles. The van der Waals surface area contributed by atoms with Crippen LogP contribution >= 0.6 is 15.9 Å². The molecule has 0 bridgehead atoms. The third kappa shape index (κ3) is 3.10. The number of hydrogen-bond acceptors (Lipinski definition) is 2. The largest absolute Gasteiger partial charge is 0.358 e. The van der Waals surface area contributed by atoms with E-state index in [0.717, 1.165) is 33.4 Å². The maximum Gasteiger partial charge on any atom is 0.162 e. The van der Waals surface area contributed by atoms with Crippen LogP contribution in [0.2, 0.25) is 0 Å². The van der Waals surface area contributed by atoms with E-state index in [1.165, 1.54) is 27.1 Å². The van der Waals surface area contributed by atoms with Crippen molar-refractivity contribution in [2.24, 2.45) is 5.41 Å². The van der Waals surface area contributed by atoms with Crippen LogP contribution < -0.4 is 5.32 Å². The fourth-order valence-electron chi connectivity index (χ4n) is 5.53. The van der Waals surface area contributed by atoms with Gasteiger partial charge in [0.15, 0.2) is 5.78 Å². The van der Waals surface area contributed by atoms with Gasteiger partial charge in [-0.3, -0.25) is 4.79 Å². The first kappa shape index (κ1) is 19.8. The Bertz CT molecular complexity index is 1450. The second kappa shape index (κ2) is 7.05. The summed E-state index contributed by atoms with van der Waals surface area (Å²) in [7, 11) is 0. The first-order chi connectivity index (χ1) is 15.4. The van der Waals surface area contributed by atoms with Crippen LogP contribution in [-0.4, -0.2) is 5.78 Å². The van der Waals surface area contributed by atoms with Gasteiger partial charge in [0.2, 0.25) is 0 Å². The number of ketones is 1. The fourth-order valence-corrected chi connectivity index (χ4v) is 5.80. The van der Waals surface area contributed by atoms with Gasteiger partial charge in [-0.2, -0.15) is 0 Å². The molecular formula is C29H24BrNO. The molecule has 1 N–H and O–H groups in total. The summed E-state index contributed by atoms with van der Waals surface area (Å²) in [4.78, 5) is 13.5. The van der Waals surface area contributed by atoms with Crippen LogP contribution in [0.5, 0.6) is 0 Å². The molecule has 0 amide bonds. The van der Waals surface area contributed by atoms with E-state index in [1.54, 1.807) is 0 Å². The number of anilines is 1. The topological polar surface area (TPSA) is 29.1 Å². The van der Waals surface area contributed by atoms with Gasteiger partial charge in [-0.05, 0) is 74.8 Å². The number of fused-ring (bicyclic) bond motifs is 4. The molecule has 2 nitrogen and oxygen atoms in total. The van der Waals surface area contributed by atoms with Crippen LogP contribution in [0.1, 0.15) is 43.7 Å². The standard InChI is InChI=1S/C29H24BrNO/c1-29(2)15-24-28(25(32)16-29)26(17-7-10-21(30)11-8-17)27-22-14-19-6-4-3-5-18(19)13-20(22)9-12-23(27)31-24/h3-14,26,31H,15-16H2,1-2H3. The Morgan fingerprint density at radius 2 is 1.59 bits per heavy atom. The van der Waals surface area contributed by atoms with E-state index in [9.17, 15) is 4.79 Å². The van der Waals surface area contributed by atoms with E-state index < -0.39 is 0 Å². The molecule has 0 spiro atoms. The molecule has 0 aromatic heterocycles. The lowest BCUT2D eigenvalue weighted by molar-refractivity contribution is -0.118. The SMILES string of the molecule is CC1(C)CC(=O)C2=C(C1)Nc1ccc3cc4ccccc4cc3c1C2c1ccc(Br)cc1. The van der Waals surface area contributed by atoms with Gasteiger partial charge in [-0.1, -0.05) is 72.2 Å². The second-order valence-electron chi connectivity index (χ2n) is 9.89. The Kier molecular flexibility index (Phi) is 4.35. The van der Waals surface area contributed by atoms with Crippen molar-refractivity contribution in [1.82, 2.24) is 0 Å². The number of halogens is 1. The Labute approximate surface area is 196 Å². The van der Waals surface area contributed by atoms with Crippen molar-refractivity contribution in [3.8, 4) is 0 Å². The van der Waals surface area contributed by atoms with E-state index in [4.69, 9.17) is 0 Å². The van der Waals surface area contributed by atoms with Crippen molar-refractivity contribution in [3.63, 3.8) is 0 Å². The molecule has 0 radical (unpaired) electrons. The lowest BCUT2D eigenvalue weighted by Crippen LogP contribution is -2.33. The van der Waals surface area contributed by atoms with Crippen LogP contribution in [0.15, 0.2) is 88.5 Å². The summed E-state index contributed by atoms with van der Waals surface area (Å²) in [6.07, 6.45) is 1.47. The van der Waals surface area contributed by atoms with Gasteiger partial charge in [-0.25, -0.2) is 0 Å². The van der Waals surface area contributed by atoms with Gasteiger partial charge < -0.3 is 5.32 Å². The summed E-state index contributed by atoms with van der Waals surface area (Å²) in [5.41, 5.74) is 5.49. The van der Waals surface area contributed by atoms with E-state index in [0.29, 0.717) is 6.42 Å². The van der Waals surface area contributed by atoms with Crippen molar-refractivity contribution in [2.75, 3.05) is 5.32 Å². The highest BCUT2D eigenvalue weighted by Gasteiger charge is 2.41. The molecule has 0 saturated carbocycles. The monoisotopic (exact) mass is 481 g/mol. The number of allylic oxidation sites excluding steroid dienone is 2. The van der Waals surface area contributed by atoms with Crippen molar-refractivity contribution in [1.29, 1.82) is 0 Å². The molecule has 32 heavy (non-hydrogen) atoms. The van der Waals surface area contributed by atoms with Gasteiger partial charge in [0, 0.05) is 33.8 Å². The zero-order chi connectivity index (χ0) is 22.0. The normalized spacial score (nSPS) is 19.6. The summed E-state index contributed by atoms with van der Waals surface area (Å²) in [5.74, 6) is 0.197. The van der Waals surface area contributed by atoms with Crippen molar-refractivity contribution in [2.45, 2.75) is 32.6 Å². The predicted octanol–water partition coefficient (Wildman–Crippen LogP) is 7.96. The first-order valence-corrected chi connectivity index (χ1v) is 11.9. The number of carbonyl (C=O) groups excluding carboxylic acids is 1. The number of benzene rings is 4. The van der Waals surface area contributed by atoms with Crippen LogP contribution in [-0.2, 0) is 4.79 Å². The smallest absolute Gasteiger partial charge is 0.162 e. The zero-order valence-electron chi connectivity index (χ0n) is 18.2. The number of nitrogens with one attached hydrogen (secondary N) is 1. The zero-order valence-corrected chi connectivity index (χ0v) is 19.8. The Morgan fingerprint density at radius 3 is 2.34 bits per heavy atom. The summed E-state index contributed by atoms with van der Waals surface area (Å²) >= 11 is 3.57. The highest BCUT2D eigenvalue weighted by molar-refractivity contribution is 9.10. The molecule has 1 unspecified atom stereocenters. The molecule has 3 heteroatoms. The van der Waals surface area contributed by atoms with Crippen LogP contribution in [0.3, 0.4) is 0 Å². The predicted molar refractivity (Wildman–Crippen MR) is 136 cm³/mol. The molecule has 1 aliphatic carbocycles. The van der Waals surface area contributed by atoms with Gasteiger partial charge in [-0.15, -0.1) is 0 Å². The molecule has 0 saturated heterocycles. The molecule has 6 rings (SSSR count). The maximum absolute atomic E-state index is 13.5. The van der Waals surface area contributed by atoms with E-state index in [1.807, 2.05) is 0 Å². The molecule has 2 aliphatic rings. The second-order valence-corrected chi connectivity index (χ2v) is 10.8. The van der Waals surface area contributed by atoms with E-state index >= 15 is 0 Å². The highest BCUT2D eigenvalue weighted by Crippen LogP contribution is 2.51. The minimum atomic E-state index is -0.0668. The Balaban J connectivity index is 1.67. The third-order valence-corrected chi connectivity index (χ3v) is 7.44. The lowest BCUT2D eigenvalue weighted by atomic mass is 9.68. The molecule has 1 aliphatic heterocycles. The van der Waals surface area contributed by atoms with Crippen LogP contribution in [0, 0.1) is 5.41 Å². The third-order valence-electron chi connectivity index (χ3n) is 6.91. The number of hydrogen-bond donors (Lipinski definition) is 1. The molecule has 1 atom stereocenters. The molecule has 4 aromatic rings. The van der Waals surface area contributed by atoms with Gasteiger partial charge >= 0.3 is 0 Å².